The molecule has 2 N–H and O–H groups in total. The van der Waals surface area contributed by atoms with E-state index in [0.717, 1.165) is 5.56 Å². The molecule has 0 spiro atoms. The fourth-order valence-electron chi connectivity index (χ4n) is 1.78. The minimum absolute atomic E-state index is 0.0606. The largest absolute Gasteiger partial charge is 0.378 e. The number of nitrogens with zero attached hydrogens (tertiary/aromatic N) is 1. The smallest absolute Gasteiger partial charge is 0.339 e. The van der Waals surface area contributed by atoms with Crippen molar-refractivity contribution in [3.8, 4) is 5.75 Å². The average molecular weight is 398 g/mol. The van der Waals surface area contributed by atoms with E-state index < -0.39 is 10.1 Å². The van der Waals surface area contributed by atoms with Crippen LogP contribution in [0.25, 0.3) is 0 Å². The number of halogens is 1. The van der Waals surface area contributed by atoms with Gasteiger partial charge in [-0.2, -0.15) is 13.5 Å². The van der Waals surface area contributed by atoms with Gasteiger partial charge in [-0.15, -0.1) is 0 Å². The third-order valence-corrected chi connectivity index (χ3v) is 4.86. The van der Waals surface area contributed by atoms with Crippen LogP contribution < -0.4 is 14.9 Å². The van der Waals surface area contributed by atoms with Gasteiger partial charge in [-0.1, -0.05) is 29.3 Å². The first-order valence-corrected chi connectivity index (χ1v) is 9.33. The summed E-state index contributed by atoms with van der Waals surface area (Å²) in [4.78, 5) is 0.0606. The van der Waals surface area contributed by atoms with E-state index in [1.807, 2.05) is 6.92 Å². The number of hydrazone groups is 1. The minimum atomic E-state index is -3.97. The van der Waals surface area contributed by atoms with Crippen LogP contribution in [0.2, 0.25) is 5.02 Å². The number of hydrogen-bond acceptors (Lipinski definition) is 5. The molecular weight excluding hydrogens is 382 g/mol. The number of aryl methyl sites for hydroxylation is 1. The predicted molar refractivity (Wildman–Crippen MR) is 103 cm³/mol. The molecule has 0 aliphatic heterocycles. The highest BCUT2D eigenvalue weighted by molar-refractivity contribution is 7.87. The van der Waals surface area contributed by atoms with Crippen molar-refractivity contribution < 1.29 is 12.6 Å². The van der Waals surface area contributed by atoms with Crippen LogP contribution in [0.15, 0.2) is 52.5 Å². The van der Waals surface area contributed by atoms with Crippen molar-refractivity contribution >= 4 is 45.3 Å². The van der Waals surface area contributed by atoms with Crippen LogP contribution >= 0.6 is 23.8 Å². The Bertz CT molecular complexity index is 897. The molecule has 0 saturated heterocycles. The van der Waals surface area contributed by atoms with Crippen molar-refractivity contribution in [2.24, 2.45) is 5.10 Å². The predicted octanol–water partition coefficient (Wildman–Crippen LogP) is 2.84. The SMILES string of the molecule is CNC(=S)N/N=C\c1cc(Cl)ccc1OS(=O)(=O)c1ccc(C)cc1. The molecule has 0 saturated carbocycles. The summed E-state index contributed by atoms with van der Waals surface area (Å²) in [7, 11) is -2.33. The van der Waals surface area contributed by atoms with E-state index in [4.69, 9.17) is 28.0 Å². The fourth-order valence-corrected chi connectivity index (χ4v) is 2.97. The van der Waals surface area contributed by atoms with Gasteiger partial charge >= 0.3 is 10.1 Å². The summed E-state index contributed by atoms with van der Waals surface area (Å²) in [6.45, 7) is 1.87. The van der Waals surface area contributed by atoms with Gasteiger partial charge in [0, 0.05) is 17.6 Å². The van der Waals surface area contributed by atoms with E-state index >= 15 is 0 Å². The van der Waals surface area contributed by atoms with Crippen LogP contribution in [-0.4, -0.2) is 26.8 Å². The molecule has 2 aromatic rings. The Morgan fingerprint density at radius 2 is 1.92 bits per heavy atom. The molecule has 0 bridgehead atoms. The first-order valence-electron chi connectivity index (χ1n) is 7.13. The Morgan fingerprint density at radius 1 is 1.24 bits per heavy atom. The number of thiocarbonyl (C=S) groups is 1. The maximum absolute atomic E-state index is 12.4. The third-order valence-electron chi connectivity index (χ3n) is 3.08. The third kappa shape index (κ3) is 5.42. The Hall–Kier alpha value is -2.16. The summed E-state index contributed by atoms with van der Waals surface area (Å²) in [5, 5.41) is 7.34. The molecule has 2 rings (SSSR count). The molecule has 0 aliphatic carbocycles. The van der Waals surface area contributed by atoms with Gasteiger partial charge in [0.15, 0.2) is 10.9 Å². The van der Waals surface area contributed by atoms with E-state index in [1.165, 1.54) is 36.5 Å². The molecule has 0 amide bonds. The van der Waals surface area contributed by atoms with Gasteiger partial charge in [0.2, 0.25) is 0 Å². The lowest BCUT2D eigenvalue weighted by atomic mass is 10.2. The topological polar surface area (TPSA) is 79.8 Å². The zero-order chi connectivity index (χ0) is 18.4. The summed E-state index contributed by atoms with van der Waals surface area (Å²) in [6.07, 6.45) is 1.37. The molecule has 0 aromatic heterocycles. The molecule has 6 nitrogen and oxygen atoms in total. The van der Waals surface area contributed by atoms with Crippen LogP contribution in [0.5, 0.6) is 5.75 Å². The maximum atomic E-state index is 12.4. The minimum Gasteiger partial charge on any atom is -0.378 e. The number of rotatable bonds is 5. The molecule has 0 radical (unpaired) electrons. The molecule has 9 heteroatoms. The molecule has 25 heavy (non-hydrogen) atoms. The van der Waals surface area contributed by atoms with Crippen molar-refractivity contribution in [1.29, 1.82) is 0 Å². The van der Waals surface area contributed by atoms with Gasteiger partial charge in [0.25, 0.3) is 0 Å². The number of nitrogens with one attached hydrogen (secondary N) is 2. The highest BCUT2D eigenvalue weighted by atomic mass is 35.5. The second-order valence-electron chi connectivity index (χ2n) is 4.98. The van der Waals surface area contributed by atoms with E-state index in [0.29, 0.717) is 15.7 Å². The Labute approximate surface area is 157 Å². The van der Waals surface area contributed by atoms with Gasteiger partial charge in [0.05, 0.1) is 6.21 Å². The Morgan fingerprint density at radius 3 is 2.56 bits per heavy atom. The lowest BCUT2D eigenvalue weighted by Crippen LogP contribution is -2.28. The summed E-state index contributed by atoms with van der Waals surface area (Å²) in [5.41, 5.74) is 3.90. The molecule has 132 valence electrons. The summed E-state index contributed by atoms with van der Waals surface area (Å²) in [5.74, 6) is 0.103. The molecule has 0 atom stereocenters. The Kier molecular flexibility index (Phi) is 6.35. The molecule has 0 unspecified atom stereocenters. The van der Waals surface area contributed by atoms with Gasteiger partial charge in [-0.25, -0.2) is 0 Å². The summed E-state index contributed by atoms with van der Waals surface area (Å²) in [6, 6.07) is 10.9. The van der Waals surface area contributed by atoms with Crippen molar-refractivity contribution in [2.75, 3.05) is 7.05 Å². The summed E-state index contributed by atoms with van der Waals surface area (Å²) < 4.78 is 30.1. The molecule has 0 fully saturated rings. The number of hydrogen-bond donors (Lipinski definition) is 2. The Balaban J connectivity index is 2.29. The van der Waals surface area contributed by atoms with E-state index in [2.05, 4.69) is 15.8 Å². The first kappa shape index (κ1) is 19.2. The zero-order valence-electron chi connectivity index (χ0n) is 13.5. The normalized spacial score (nSPS) is 11.3. The second-order valence-corrected chi connectivity index (χ2v) is 7.37. The molecule has 0 aliphatic rings. The fraction of sp³-hybridized carbons (Fsp3) is 0.125. The second kappa shape index (κ2) is 8.28. The number of benzene rings is 2. The van der Waals surface area contributed by atoms with Gasteiger partial charge < -0.3 is 9.50 Å². The molecule has 0 heterocycles. The van der Waals surface area contributed by atoms with Gasteiger partial charge in [-0.05, 0) is 49.5 Å². The van der Waals surface area contributed by atoms with Crippen LogP contribution in [0, 0.1) is 6.92 Å². The van der Waals surface area contributed by atoms with E-state index in [1.54, 1.807) is 19.2 Å². The van der Waals surface area contributed by atoms with Gasteiger partial charge in [-0.3, -0.25) is 5.43 Å². The van der Waals surface area contributed by atoms with Crippen LogP contribution in [-0.2, 0) is 10.1 Å². The first-order chi connectivity index (χ1) is 11.8. The molecular formula is C16H16ClN3O3S2. The van der Waals surface area contributed by atoms with E-state index in [-0.39, 0.29) is 10.6 Å². The van der Waals surface area contributed by atoms with Crippen molar-refractivity contribution in [1.82, 2.24) is 10.7 Å². The quantitative estimate of drug-likeness (QED) is 0.349. The monoisotopic (exact) mass is 397 g/mol. The standard InChI is InChI=1S/C16H16ClN3O3S2/c1-11-3-6-14(7-4-11)25(21,22)23-15-8-5-13(17)9-12(15)10-19-20-16(24)18-2/h3-10H,1-2H3,(H2,18,20,24)/b19-10-. The van der Waals surface area contributed by atoms with Crippen LogP contribution in [0.3, 0.4) is 0 Å². The van der Waals surface area contributed by atoms with Crippen molar-refractivity contribution in [3.63, 3.8) is 0 Å². The van der Waals surface area contributed by atoms with Crippen molar-refractivity contribution in [2.45, 2.75) is 11.8 Å². The lowest BCUT2D eigenvalue weighted by molar-refractivity contribution is 0.485. The van der Waals surface area contributed by atoms with E-state index in [9.17, 15) is 8.42 Å². The lowest BCUT2D eigenvalue weighted by Gasteiger charge is -2.10. The zero-order valence-corrected chi connectivity index (χ0v) is 15.9. The van der Waals surface area contributed by atoms with Crippen molar-refractivity contribution in [3.05, 3.63) is 58.6 Å². The van der Waals surface area contributed by atoms with Crippen LogP contribution in [0.1, 0.15) is 11.1 Å². The van der Waals surface area contributed by atoms with Crippen LogP contribution in [0.4, 0.5) is 0 Å². The average Bonchev–Trinajstić information content (AvgIpc) is 2.57. The summed E-state index contributed by atoms with van der Waals surface area (Å²) >= 11 is 10.9. The molecule has 2 aromatic carbocycles. The highest BCUT2D eigenvalue weighted by Gasteiger charge is 2.18. The highest BCUT2D eigenvalue weighted by Crippen LogP contribution is 2.25. The van der Waals surface area contributed by atoms with Gasteiger partial charge in [0.1, 0.15) is 4.90 Å². The maximum Gasteiger partial charge on any atom is 0.339 e.